The van der Waals surface area contributed by atoms with E-state index in [4.69, 9.17) is 0 Å². The van der Waals surface area contributed by atoms with Crippen LogP contribution in [-0.4, -0.2) is 19.6 Å². The van der Waals surface area contributed by atoms with Gasteiger partial charge in [-0.3, -0.25) is 4.99 Å². The molecule has 0 fully saturated rings. The second-order valence-electron chi connectivity index (χ2n) is 3.64. The second-order valence-corrected chi connectivity index (χ2v) is 4.67. The number of aliphatic imine (C=N–C) groups is 1. The molecular formula is C12H21N3S. The Labute approximate surface area is 102 Å². The fraction of sp³-hybridized carbons (Fsp3) is 0.583. The lowest BCUT2D eigenvalue weighted by Crippen LogP contribution is -2.37. The van der Waals surface area contributed by atoms with E-state index >= 15 is 0 Å². The Morgan fingerprint density at radius 2 is 2.25 bits per heavy atom. The van der Waals surface area contributed by atoms with Crippen LogP contribution in [0.25, 0.3) is 0 Å². The van der Waals surface area contributed by atoms with Crippen LogP contribution in [0.3, 0.4) is 0 Å². The molecular weight excluding hydrogens is 218 g/mol. The van der Waals surface area contributed by atoms with Crippen molar-refractivity contribution in [3.05, 3.63) is 22.4 Å². The molecule has 1 heterocycles. The van der Waals surface area contributed by atoms with Crippen LogP contribution in [-0.2, 0) is 6.54 Å². The Hall–Kier alpha value is -1.03. The summed E-state index contributed by atoms with van der Waals surface area (Å²) in [6, 6.07) is 4.20. The third-order valence-electron chi connectivity index (χ3n) is 2.31. The molecule has 0 aliphatic rings. The van der Waals surface area contributed by atoms with Crippen molar-refractivity contribution in [1.29, 1.82) is 0 Å². The minimum Gasteiger partial charge on any atom is -0.356 e. The van der Waals surface area contributed by atoms with Gasteiger partial charge < -0.3 is 10.6 Å². The molecule has 0 aliphatic carbocycles. The third-order valence-corrected chi connectivity index (χ3v) is 3.18. The van der Waals surface area contributed by atoms with E-state index < -0.39 is 0 Å². The SMILES string of the molecule is CCCCCNC(=NC)NCc1cccs1. The molecule has 1 aromatic rings. The first kappa shape index (κ1) is 13.0. The van der Waals surface area contributed by atoms with Crippen LogP contribution in [0.5, 0.6) is 0 Å². The van der Waals surface area contributed by atoms with E-state index in [1.165, 1.54) is 24.1 Å². The Kier molecular flexibility index (Phi) is 6.65. The Morgan fingerprint density at radius 3 is 2.88 bits per heavy atom. The molecule has 0 spiro atoms. The van der Waals surface area contributed by atoms with Gasteiger partial charge in [0.05, 0.1) is 6.54 Å². The molecule has 1 aromatic heterocycles. The second kappa shape index (κ2) is 8.16. The van der Waals surface area contributed by atoms with Gasteiger partial charge in [0.2, 0.25) is 0 Å². The summed E-state index contributed by atoms with van der Waals surface area (Å²) >= 11 is 1.76. The summed E-state index contributed by atoms with van der Waals surface area (Å²) in [5, 5.41) is 8.70. The number of unbranched alkanes of at least 4 members (excludes halogenated alkanes) is 2. The average molecular weight is 239 g/mol. The number of thiophene rings is 1. The molecule has 0 aliphatic heterocycles. The van der Waals surface area contributed by atoms with Gasteiger partial charge in [-0.2, -0.15) is 0 Å². The first-order valence-corrected chi connectivity index (χ1v) is 6.71. The van der Waals surface area contributed by atoms with Gasteiger partial charge in [-0.05, 0) is 17.9 Å². The predicted octanol–water partition coefficient (Wildman–Crippen LogP) is 2.60. The van der Waals surface area contributed by atoms with Crippen LogP contribution in [0.15, 0.2) is 22.5 Å². The molecule has 0 amide bonds. The van der Waals surface area contributed by atoms with Crippen LogP contribution in [0, 0.1) is 0 Å². The van der Waals surface area contributed by atoms with Gasteiger partial charge in [-0.1, -0.05) is 25.8 Å². The Bertz CT molecular complexity index is 293. The van der Waals surface area contributed by atoms with Crippen LogP contribution in [0.1, 0.15) is 31.1 Å². The van der Waals surface area contributed by atoms with E-state index in [0.29, 0.717) is 0 Å². The number of hydrogen-bond acceptors (Lipinski definition) is 2. The maximum atomic E-state index is 4.18. The van der Waals surface area contributed by atoms with Crippen molar-refractivity contribution < 1.29 is 0 Å². The van der Waals surface area contributed by atoms with Crippen molar-refractivity contribution in [1.82, 2.24) is 10.6 Å². The van der Waals surface area contributed by atoms with Crippen LogP contribution in [0.2, 0.25) is 0 Å². The summed E-state index contributed by atoms with van der Waals surface area (Å²) in [4.78, 5) is 5.51. The van der Waals surface area contributed by atoms with Gasteiger partial charge in [-0.15, -0.1) is 11.3 Å². The maximum Gasteiger partial charge on any atom is 0.191 e. The van der Waals surface area contributed by atoms with E-state index in [-0.39, 0.29) is 0 Å². The number of nitrogens with zero attached hydrogens (tertiary/aromatic N) is 1. The summed E-state index contributed by atoms with van der Waals surface area (Å²) < 4.78 is 0. The highest BCUT2D eigenvalue weighted by Crippen LogP contribution is 2.06. The molecule has 1 rings (SSSR count). The number of hydrogen-bond donors (Lipinski definition) is 2. The standard InChI is InChI=1S/C12H21N3S/c1-3-4-5-8-14-12(13-2)15-10-11-7-6-9-16-11/h6-7,9H,3-5,8,10H2,1-2H3,(H2,13,14,15). The van der Waals surface area contributed by atoms with E-state index in [9.17, 15) is 0 Å². The fourth-order valence-corrected chi connectivity index (χ4v) is 2.03. The first-order valence-electron chi connectivity index (χ1n) is 5.83. The molecule has 16 heavy (non-hydrogen) atoms. The lowest BCUT2D eigenvalue weighted by Gasteiger charge is -2.10. The van der Waals surface area contributed by atoms with Crippen molar-refractivity contribution in [2.24, 2.45) is 4.99 Å². The highest BCUT2D eigenvalue weighted by atomic mass is 32.1. The van der Waals surface area contributed by atoms with Gasteiger partial charge in [0, 0.05) is 18.5 Å². The molecule has 0 atom stereocenters. The molecule has 2 N–H and O–H groups in total. The number of nitrogens with one attached hydrogen (secondary N) is 2. The Balaban J connectivity index is 2.17. The molecule has 0 radical (unpaired) electrons. The van der Waals surface area contributed by atoms with Crippen molar-refractivity contribution in [2.45, 2.75) is 32.7 Å². The van der Waals surface area contributed by atoms with E-state index in [1.54, 1.807) is 11.3 Å². The van der Waals surface area contributed by atoms with Gasteiger partial charge in [0.1, 0.15) is 0 Å². The number of rotatable bonds is 6. The zero-order chi connectivity index (χ0) is 11.6. The largest absolute Gasteiger partial charge is 0.356 e. The quantitative estimate of drug-likeness (QED) is 0.455. The third kappa shape index (κ3) is 5.16. The zero-order valence-electron chi connectivity index (χ0n) is 10.1. The lowest BCUT2D eigenvalue weighted by atomic mass is 10.2. The average Bonchev–Trinajstić information content (AvgIpc) is 2.81. The minimum atomic E-state index is 0.852. The molecule has 90 valence electrons. The van der Waals surface area contributed by atoms with Crippen molar-refractivity contribution >= 4 is 17.3 Å². The summed E-state index contributed by atoms with van der Waals surface area (Å²) in [6.45, 7) is 4.06. The fourth-order valence-electron chi connectivity index (χ4n) is 1.39. The van der Waals surface area contributed by atoms with E-state index in [0.717, 1.165) is 19.0 Å². The monoisotopic (exact) mass is 239 g/mol. The van der Waals surface area contributed by atoms with E-state index in [1.807, 2.05) is 7.05 Å². The molecule has 3 nitrogen and oxygen atoms in total. The van der Waals surface area contributed by atoms with Gasteiger partial charge in [-0.25, -0.2) is 0 Å². The predicted molar refractivity (Wildman–Crippen MR) is 72.0 cm³/mol. The smallest absolute Gasteiger partial charge is 0.191 e. The zero-order valence-corrected chi connectivity index (χ0v) is 10.9. The molecule has 0 bridgehead atoms. The van der Waals surface area contributed by atoms with Gasteiger partial charge in [0.25, 0.3) is 0 Å². The molecule has 4 heteroatoms. The number of guanidine groups is 1. The van der Waals surface area contributed by atoms with Gasteiger partial charge in [0.15, 0.2) is 5.96 Å². The van der Waals surface area contributed by atoms with Gasteiger partial charge >= 0.3 is 0 Å². The molecule has 0 saturated carbocycles. The minimum absolute atomic E-state index is 0.852. The van der Waals surface area contributed by atoms with Crippen LogP contribution in [0.4, 0.5) is 0 Å². The van der Waals surface area contributed by atoms with Crippen molar-refractivity contribution in [3.8, 4) is 0 Å². The maximum absolute atomic E-state index is 4.18. The molecule has 0 aromatic carbocycles. The highest BCUT2D eigenvalue weighted by molar-refractivity contribution is 7.09. The van der Waals surface area contributed by atoms with Crippen molar-refractivity contribution in [2.75, 3.05) is 13.6 Å². The molecule has 0 unspecified atom stereocenters. The summed E-state index contributed by atoms with van der Waals surface area (Å²) in [5.74, 6) is 0.893. The Morgan fingerprint density at radius 1 is 1.38 bits per heavy atom. The molecule has 0 saturated heterocycles. The normalized spacial score (nSPS) is 11.5. The summed E-state index contributed by atoms with van der Waals surface area (Å²) in [7, 11) is 1.81. The van der Waals surface area contributed by atoms with Crippen LogP contribution >= 0.6 is 11.3 Å². The van der Waals surface area contributed by atoms with E-state index in [2.05, 4.69) is 40.1 Å². The van der Waals surface area contributed by atoms with Crippen molar-refractivity contribution in [3.63, 3.8) is 0 Å². The highest BCUT2D eigenvalue weighted by Gasteiger charge is 1.97. The topological polar surface area (TPSA) is 36.4 Å². The first-order chi connectivity index (χ1) is 7.86. The lowest BCUT2D eigenvalue weighted by molar-refractivity contribution is 0.683. The summed E-state index contributed by atoms with van der Waals surface area (Å²) in [6.07, 6.45) is 3.73. The summed E-state index contributed by atoms with van der Waals surface area (Å²) in [5.41, 5.74) is 0. The van der Waals surface area contributed by atoms with Crippen LogP contribution < -0.4 is 10.6 Å².